The molecule has 0 bridgehead atoms. The first kappa shape index (κ1) is 20.6. The van der Waals surface area contributed by atoms with Crippen molar-refractivity contribution in [1.29, 1.82) is 0 Å². The van der Waals surface area contributed by atoms with Gasteiger partial charge in [0, 0.05) is 12.1 Å². The van der Waals surface area contributed by atoms with Crippen molar-refractivity contribution in [2.75, 3.05) is 0 Å². The van der Waals surface area contributed by atoms with E-state index < -0.39 is 33.0 Å². The number of rotatable bonds is 2. The predicted octanol–water partition coefficient (Wildman–Crippen LogP) is 4.29. The second kappa shape index (κ2) is 8.11. The number of imide groups is 3. The molecule has 8 nitrogen and oxygen atoms in total. The van der Waals surface area contributed by atoms with Gasteiger partial charge in [-0.15, -0.1) is 0 Å². The summed E-state index contributed by atoms with van der Waals surface area (Å²) in [5.41, 5.74) is -0.558. The third-order valence-corrected chi connectivity index (χ3v) is 3.92. The number of ether oxygens (including phenoxy) is 1. The van der Waals surface area contributed by atoms with Gasteiger partial charge in [-0.25, -0.2) is 4.79 Å². The van der Waals surface area contributed by atoms with Crippen LogP contribution in [0.2, 0.25) is 0 Å². The van der Waals surface area contributed by atoms with Gasteiger partial charge in [-0.3, -0.25) is 19.7 Å². The summed E-state index contributed by atoms with van der Waals surface area (Å²) in [7, 11) is 0. The van der Waals surface area contributed by atoms with E-state index in [1.54, 1.807) is 20.8 Å². The number of hydrogen-bond acceptors (Lipinski definition) is 7. The molecular formula is C16H20N2O6S. The first-order chi connectivity index (χ1) is 11.6. The van der Waals surface area contributed by atoms with Gasteiger partial charge in [-0.1, -0.05) is 26.0 Å². The van der Waals surface area contributed by atoms with Crippen molar-refractivity contribution in [2.24, 2.45) is 0 Å². The van der Waals surface area contributed by atoms with E-state index in [0.29, 0.717) is 22.2 Å². The van der Waals surface area contributed by atoms with Gasteiger partial charge in [0.2, 0.25) is 0 Å². The molecule has 0 aliphatic carbocycles. The summed E-state index contributed by atoms with van der Waals surface area (Å²) in [5, 5.41) is 8.98. The Morgan fingerprint density at radius 1 is 1.20 bits per heavy atom. The maximum atomic E-state index is 12.3. The normalized spacial score (nSPS) is 17.0. The van der Waals surface area contributed by atoms with Gasteiger partial charge in [0.15, 0.2) is 0 Å². The zero-order valence-electron chi connectivity index (χ0n) is 14.6. The molecule has 0 radical (unpaired) electrons. The van der Waals surface area contributed by atoms with Crippen LogP contribution in [0.25, 0.3) is 0 Å². The van der Waals surface area contributed by atoms with Crippen molar-refractivity contribution >= 4 is 34.7 Å². The van der Waals surface area contributed by atoms with Crippen LogP contribution >= 0.6 is 11.8 Å². The lowest BCUT2D eigenvalue weighted by Crippen LogP contribution is -2.40. The fraction of sp³-hybridized carbons (Fsp3) is 0.438. The molecule has 1 heterocycles. The molecule has 0 aromatic heterocycles. The highest BCUT2D eigenvalue weighted by molar-refractivity contribution is 8.15. The number of carbonyl (C=O) groups excluding carboxylic acids is 3. The SMILES string of the molecule is CC.CC(C)(C)OC(=O)N1C(=O)SC(c2ccc([N+](=O)[O-])cc2)C1=O. The third-order valence-electron chi connectivity index (χ3n) is 2.83. The summed E-state index contributed by atoms with van der Waals surface area (Å²) in [6, 6.07) is 5.26. The van der Waals surface area contributed by atoms with E-state index in [1.807, 2.05) is 13.8 Å². The standard InChI is InChI=1S/C14H14N2O6S.C2H6/c1-14(2,3)22-12(18)15-11(17)10(23-13(15)19)8-4-6-9(7-5-8)16(20)21;1-2/h4-7,10H,1-3H3;1-2H3. The van der Waals surface area contributed by atoms with Crippen LogP contribution in [0.5, 0.6) is 0 Å². The number of hydrogen-bond donors (Lipinski definition) is 0. The van der Waals surface area contributed by atoms with Crippen molar-refractivity contribution in [2.45, 2.75) is 45.5 Å². The number of amides is 3. The number of nitro benzene ring substituents is 1. The highest BCUT2D eigenvalue weighted by Gasteiger charge is 2.46. The minimum absolute atomic E-state index is 0.125. The van der Waals surface area contributed by atoms with Gasteiger partial charge in [0.1, 0.15) is 10.9 Å². The van der Waals surface area contributed by atoms with E-state index in [4.69, 9.17) is 4.74 Å². The number of nitrogens with zero attached hydrogens (tertiary/aromatic N) is 2. The largest absolute Gasteiger partial charge is 0.443 e. The van der Waals surface area contributed by atoms with Crippen LogP contribution in [0.15, 0.2) is 24.3 Å². The molecule has 136 valence electrons. The van der Waals surface area contributed by atoms with Gasteiger partial charge >= 0.3 is 6.09 Å². The molecule has 1 aliphatic heterocycles. The molecule has 9 heteroatoms. The summed E-state index contributed by atoms with van der Waals surface area (Å²) >= 11 is 0.670. The van der Waals surface area contributed by atoms with Crippen molar-refractivity contribution < 1.29 is 24.0 Å². The quantitative estimate of drug-likeness (QED) is 0.566. The average Bonchev–Trinajstić information content (AvgIpc) is 2.82. The molecule has 3 amide bonds. The van der Waals surface area contributed by atoms with Crippen LogP contribution < -0.4 is 0 Å². The smallest absolute Gasteiger partial charge is 0.424 e. The van der Waals surface area contributed by atoms with E-state index in [1.165, 1.54) is 24.3 Å². The van der Waals surface area contributed by atoms with Crippen LogP contribution in [-0.4, -0.2) is 32.7 Å². The fourth-order valence-electron chi connectivity index (χ4n) is 1.86. The Kier molecular flexibility index (Phi) is 6.69. The van der Waals surface area contributed by atoms with Gasteiger partial charge in [0.25, 0.3) is 16.8 Å². The highest BCUT2D eigenvalue weighted by Crippen LogP contribution is 2.40. The van der Waals surface area contributed by atoms with Crippen molar-refractivity contribution in [3.05, 3.63) is 39.9 Å². The van der Waals surface area contributed by atoms with Crippen LogP contribution in [0.1, 0.15) is 45.4 Å². The van der Waals surface area contributed by atoms with Crippen LogP contribution in [0.3, 0.4) is 0 Å². The Morgan fingerprint density at radius 2 is 1.72 bits per heavy atom. The van der Waals surface area contributed by atoms with E-state index in [9.17, 15) is 24.5 Å². The second-order valence-electron chi connectivity index (χ2n) is 5.77. The lowest BCUT2D eigenvalue weighted by molar-refractivity contribution is -0.384. The maximum Gasteiger partial charge on any atom is 0.424 e. The van der Waals surface area contributed by atoms with Crippen molar-refractivity contribution in [3.63, 3.8) is 0 Å². The second-order valence-corrected chi connectivity index (χ2v) is 6.82. The van der Waals surface area contributed by atoms with Crippen molar-refractivity contribution in [3.8, 4) is 0 Å². The first-order valence-electron chi connectivity index (χ1n) is 7.62. The first-order valence-corrected chi connectivity index (χ1v) is 8.50. The number of carbonyl (C=O) groups is 3. The van der Waals surface area contributed by atoms with Crippen LogP contribution in [0.4, 0.5) is 15.3 Å². The summed E-state index contributed by atoms with van der Waals surface area (Å²) in [6.07, 6.45) is -1.02. The summed E-state index contributed by atoms with van der Waals surface area (Å²) in [6.45, 7) is 8.87. The number of thioether (sulfide) groups is 1. The minimum Gasteiger partial charge on any atom is -0.443 e. The molecule has 1 fully saturated rings. The zero-order valence-corrected chi connectivity index (χ0v) is 15.5. The molecule has 1 saturated heterocycles. The molecule has 0 spiro atoms. The Balaban J connectivity index is 0.00000151. The molecule has 0 saturated carbocycles. The monoisotopic (exact) mass is 368 g/mol. The van der Waals surface area contributed by atoms with Gasteiger partial charge in [0.05, 0.1) is 4.92 Å². The lowest BCUT2D eigenvalue weighted by atomic mass is 10.1. The third kappa shape index (κ3) is 5.02. The number of nitro groups is 1. The lowest BCUT2D eigenvalue weighted by Gasteiger charge is -2.22. The van der Waals surface area contributed by atoms with E-state index in [-0.39, 0.29) is 5.69 Å². The summed E-state index contributed by atoms with van der Waals surface area (Å²) in [5.74, 6) is -0.719. The van der Waals surface area contributed by atoms with E-state index in [2.05, 4.69) is 0 Å². The van der Waals surface area contributed by atoms with Gasteiger partial charge in [-0.2, -0.15) is 4.90 Å². The van der Waals surface area contributed by atoms with E-state index in [0.717, 1.165) is 0 Å². The molecule has 0 N–H and O–H groups in total. The van der Waals surface area contributed by atoms with Gasteiger partial charge in [-0.05, 0) is 38.1 Å². The zero-order chi connectivity index (χ0) is 19.4. The number of benzene rings is 1. The molecule has 1 aromatic carbocycles. The molecule has 1 unspecified atom stereocenters. The molecule has 1 aliphatic rings. The molecule has 1 aromatic rings. The predicted molar refractivity (Wildman–Crippen MR) is 93.3 cm³/mol. The summed E-state index contributed by atoms with van der Waals surface area (Å²) < 4.78 is 5.04. The minimum atomic E-state index is -1.02. The maximum absolute atomic E-state index is 12.3. The van der Waals surface area contributed by atoms with E-state index >= 15 is 0 Å². The summed E-state index contributed by atoms with van der Waals surface area (Å²) in [4.78, 5) is 46.7. The van der Waals surface area contributed by atoms with Crippen LogP contribution in [-0.2, 0) is 9.53 Å². The Hall–Kier alpha value is -2.42. The van der Waals surface area contributed by atoms with Crippen LogP contribution in [0, 0.1) is 10.1 Å². The topological polar surface area (TPSA) is 107 Å². The fourth-order valence-corrected chi connectivity index (χ4v) is 2.84. The Labute approximate surface area is 149 Å². The molecule has 2 rings (SSSR count). The highest BCUT2D eigenvalue weighted by atomic mass is 32.2. The Morgan fingerprint density at radius 3 is 2.16 bits per heavy atom. The Bertz CT molecular complexity index is 681. The molecule has 1 atom stereocenters. The molecule has 25 heavy (non-hydrogen) atoms. The molecular weight excluding hydrogens is 348 g/mol. The van der Waals surface area contributed by atoms with Gasteiger partial charge < -0.3 is 4.74 Å². The average molecular weight is 368 g/mol. The number of non-ortho nitro benzene ring substituents is 1. The van der Waals surface area contributed by atoms with Crippen molar-refractivity contribution in [1.82, 2.24) is 4.90 Å².